The predicted molar refractivity (Wildman–Crippen MR) is 67.3 cm³/mol. The number of rotatable bonds is 4. The van der Waals surface area contributed by atoms with Crippen LogP contribution in [0.5, 0.6) is 5.75 Å². The minimum absolute atomic E-state index is 0.0102. The maximum absolute atomic E-state index is 11.5. The molecule has 0 aliphatic rings. The Kier molecular flexibility index (Phi) is 3.72. The first-order valence-corrected chi connectivity index (χ1v) is 7.58. The number of halogens is 1. The number of hydrogen-bond acceptors (Lipinski definition) is 6. The molecule has 0 unspecified atom stereocenters. The van der Waals surface area contributed by atoms with Gasteiger partial charge in [-0.1, -0.05) is 6.07 Å². The summed E-state index contributed by atoms with van der Waals surface area (Å²) in [4.78, 5) is 1.21. The summed E-state index contributed by atoms with van der Waals surface area (Å²) in [6.45, 7) is 1.77. The molecule has 0 saturated heterocycles. The van der Waals surface area contributed by atoms with Crippen molar-refractivity contribution in [3.05, 3.63) is 29.6 Å². The van der Waals surface area contributed by atoms with Crippen molar-refractivity contribution in [1.29, 1.82) is 0 Å². The second-order valence-electron chi connectivity index (χ2n) is 3.87. The fourth-order valence-corrected chi connectivity index (χ4v) is 2.50. The van der Waals surface area contributed by atoms with E-state index in [9.17, 15) is 8.42 Å². The zero-order chi connectivity index (χ0) is 14.0. The first kappa shape index (κ1) is 13.8. The molecule has 1 heterocycles. The van der Waals surface area contributed by atoms with Gasteiger partial charge in [0.25, 0.3) is 9.05 Å². The Hall–Kier alpha value is -1.67. The molecule has 102 valence electrons. The van der Waals surface area contributed by atoms with Gasteiger partial charge in [-0.05, 0) is 29.8 Å². The van der Waals surface area contributed by atoms with Crippen LogP contribution in [0, 0.1) is 6.92 Å². The van der Waals surface area contributed by atoms with Crippen LogP contribution in [0.3, 0.4) is 0 Å². The summed E-state index contributed by atoms with van der Waals surface area (Å²) in [7, 11) is 3.12. The van der Waals surface area contributed by atoms with E-state index in [0.29, 0.717) is 5.82 Å². The first-order chi connectivity index (χ1) is 8.86. The fourth-order valence-electron chi connectivity index (χ4n) is 1.45. The Morgan fingerprint density at radius 1 is 1.42 bits per heavy atom. The van der Waals surface area contributed by atoms with Crippen LogP contribution in [0.2, 0.25) is 0 Å². The van der Waals surface area contributed by atoms with E-state index in [1.54, 1.807) is 26.1 Å². The summed E-state index contributed by atoms with van der Waals surface area (Å²) in [6, 6.07) is 4.72. The van der Waals surface area contributed by atoms with Crippen molar-refractivity contribution in [2.75, 3.05) is 0 Å². The zero-order valence-corrected chi connectivity index (χ0v) is 11.8. The van der Waals surface area contributed by atoms with Gasteiger partial charge >= 0.3 is 0 Å². The van der Waals surface area contributed by atoms with Crippen molar-refractivity contribution in [2.24, 2.45) is 7.05 Å². The second-order valence-corrected chi connectivity index (χ2v) is 6.41. The van der Waals surface area contributed by atoms with Gasteiger partial charge in [0.2, 0.25) is 5.82 Å². The molecule has 0 aliphatic carbocycles. The van der Waals surface area contributed by atoms with E-state index in [2.05, 4.69) is 15.4 Å². The van der Waals surface area contributed by atoms with Crippen LogP contribution in [-0.4, -0.2) is 28.6 Å². The van der Waals surface area contributed by atoms with Crippen LogP contribution in [0.1, 0.15) is 11.4 Å². The summed E-state index contributed by atoms with van der Waals surface area (Å²) < 4.78 is 28.3. The number of benzene rings is 1. The summed E-state index contributed by atoms with van der Waals surface area (Å²) in [5.74, 6) is 0.508. The lowest BCUT2D eigenvalue weighted by Gasteiger charge is -2.08. The normalized spacial score (nSPS) is 11.5. The maximum atomic E-state index is 11.5. The van der Waals surface area contributed by atoms with E-state index in [0.717, 1.165) is 5.56 Å². The SMILES string of the molecule is Cc1ccc(OCc2nnn(C)n2)c(S(=O)(=O)Cl)c1. The highest BCUT2D eigenvalue weighted by atomic mass is 35.7. The molecule has 2 rings (SSSR count). The Balaban J connectivity index is 2.25. The molecule has 0 atom stereocenters. The number of hydrogen-bond donors (Lipinski definition) is 0. The van der Waals surface area contributed by atoms with Gasteiger partial charge in [0.1, 0.15) is 10.6 Å². The molecular weight excluding hydrogens is 292 g/mol. The van der Waals surface area contributed by atoms with Crippen LogP contribution < -0.4 is 4.74 Å². The van der Waals surface area contributed by atoms with E-state index in [-0.39, 0.29) is 17.3 Å². The summed E-state index contributed by atoms with van der Waals surface area (Å²) >= 11 is 0. The summed E-state index contributed by atoms with van der Waals surface area (Å²) in [5, 5.41) is 11.3. The first-order valence-electron chi connectivity index (χ1n) is 5.27. The lowest BCUT2D eigenvalue weighted by atomic mass is 10.2. The average Bonchev–Trinajstić information content (AvgIpc) is 2.72. The van der Waals surface area contributed by atoms with Gasteiger partial charge < -0.3 is 4.74 Å². The van der Waals surface area contributed by atoms with E-state index >= 15 is 0 Å². The Bertz CT molecular complexity index is 699. The highest BCUT2D eigenvalue weighted by Gasteiger charge is 2.17. The Labute approximate surface area is 114 Å². The third-order valence-corrected chi connectivity index (χ3v) is 3.61. The van der Waals surface area contributed by atoms with Gasteiger partial charge in [-0.15, -0.1) is 10.2 Å². The van der Waals surface area contributed by atoms with Crippen LogP contribution in [-0.2, 0) is 22.7 Å². The highest BCUT2D eigenvalue weighted by Crippen LogP contribution is 2.28. The van der Waals surface area contributed by atoms with Gasteiger partial charge in [-0.3, -0.25) is 0 Å². The molecule has 0 fully saturated rings. The average molecular weight is 303 g/mol. The van der Waals surface area contributed by atoms with Crippen LogP contribution in [0.15, 0.2) is 23.1 Å². The monoisotopic (exact) mass is 302 g/mol. The van der Waals surface area contributed by atoms with Crippen LogP contribution >= 0.6 is 10.7 Å². The molecule has 7 nitrogen and oxygen atoms in total. The largest absolute Gasteiger partial charge is 0.484 e. The van der Waals surface area contributed by atoms with Crippen molar-refractivity contribution in [2.45, 2.75) is 18.4 Å². The molecule has 1 aromatic heterocycles. The minimum Gasteiger partial charge on any atom is -0.484 e. The van der Waals surface area contributed by atoms with Gasteiger partial charge in [0.15, 0.2) is 6.61 Å². The van der Waals surface area contributed by atoms with Gasteiger partial charge in [-0.2, -0.15) is 4.80 Å². The van der Waals surface area contributed by atoms with Crippen molar-refractivity contribution in [1.82, 2.24) is 20.2 Å². The number of aromatic nitrogens is 4. The minimum atomic E-state index is -3.87. The maximum Gasteiger partial charge on any atom is 0.264 e. The molecule has 2 aromatic rings. The van der Waals surface area contributed by atoms with E-state index in [1.807, 2.05) is 0 Å². The zero-order valence-electron chi connectivity index (χ0n) is 10.2. The third-order valence-electron chi connectivity index (χ3n) is 2.27. The van der Waals surface area contributed by atoms with Crippen molar-refractivity contribution in [3.8, 4) is 5.75 Å². The van der Waals surface area contributed by atoms with Crippen LogP contribution in [0.4, 0.5) is 0 Å². The second kappa shape index (κ2) is 5.14. The molecule has 0 radical (unpaired) electrons. The lowest BCUT2D eigenvalue weighted by Crippen LogP contribution is -2.03. The number of nitrogens with zero attached hydrogens (tertiary/aromatic N) is 4. The molecule has 19 heavy (non-hydrogen) atoms. The highest BCUT2D eigenvalue weighted by molar-refractivity contribution is 8.13. The van der Waals surface area contributed by atoms with Crippen LogP contribution in [0.25, 0.3) is 0 Å². The molecule has 0 aliphatic heterocycles. The molecule has 0 N–H and O–H groups in total. The smallest absolute Gasteiger partial charge is 0.264 e. The van der Waals surface area contributed by atoms with Gasteiger partial charge in [-0.25, -0.2) is 8.42 Å². The number of ether oxygens (including phenoxy) is 1. The molecule has 1 aromatic carbocycles. The van der Waals surface area contributed by atoms with Crippen molar-refractivity contribution < 1.29 is 13.2 Å². The van der Waals surface area contributed by atoms with Crippen molar-refractivity contribution in [3.63, 3.8) is 0 Å². The fraction of sp³-hybridized carbons (Fsp3) is 0.300. The topological polar surface area (TPSA) is 87.0 Å². The summed E-state index contributed by atoms with van der Waals surface area (Å²) in [5.41, 5.74) is 0.768. The molecule has 9 heteroatoms. The van der Waals surface area contributed by atoms with E-state index in [4.69, 9.17) is 15.4 Å². The Morgan fingerprint density at radius 2 is 2.16 bits per heavy atom. The van der Waals surface area contributed by atoms with E-state index < -0.39 is 9.05 Å². The molecular formula is C10H11ClN4O3S. The molecule has 0 bridgehead atoms. The van der Waals surface area contributed by atoms with E-state index in [1.165, 1.54) is 10.9 Å². The molecule has 0 saturated carbocycles. The van der Waals surface area contributed by atoms with Gasteiger partial charge in [0.05, 0.1) is 7.05 Å². The molecule has 0 amide bonds. The van der Waals surface area contributed by atoms with Crippen molar-refractivity contribution >= 4 is 19.7 Å². The van der Waals surface area contributed by atoms with Gasteiger partial charge in [0, 0.05) is 10.7 Å². The Morgan fingerprint density at radius 3 is 2.74 bits per heavy atom. The predicted octanol–water partition coefficient (Wildman–Crippen LogP) is 1.03. The molecule has 0 spiro atoms. The number of aryl methyl sites for hydroxylation is 2. The lowest BCUT2D eigenvalue weighted by molar-refractivity contribution is 0.287. The standard InChI is InChI=1S/C10H11ClN4O3S/c1-7-3-4-8(9(5-7)19(11,16)17)18-6-10-12-14-15(2)13-10/h3-5H,6H2,1-2H3. The number of tetrazole rings is 1. The quantitative estimate of drug-likeness (QED) is 0.784. The third kappa shape index (κ3) is 3.42. The summed E-state index contributed by atoms with van der Waals surface area (Å²) in [6.07, 6.45) is 0.